The number of rotatable bonds is 9. The van der Waals surface area contributed by atoms with E-state index < -0.39 is 0 Å². The van der Waals surface area contributed by atoms with Gasteiger partial charge in [0.2, 0.25) is 0 Å². The molecule has 2 aromatic rings. The molecule has 0 fully saturated rings. The number of benzene rings is 2. The summed E-state index contributed by atoms with van der Waals surface area (Å²) in [5.74, 6) is 0.947. The summed E-state index contributed by atoms with van der Waals surface area (Å²) in [6, 6.07) is 16.9. The second kappa shape index (κ2) is 9.09. The van der Waals surface area contributed by atoms with Crippen LogP contribution in [0.3, 0.4) is 0 Å². The fourth-order valence-corrected chi connectivity index (χ4v) is 2.55. The van der Waals surface area contributed by atoms with Crippen LogP contribution in [0.25, 0.3) is 0 Å². The first kappa shape index (κ1) is 17.2. The van der Waals surface area contributed by atoms with E-state index in [4.69, 9.17) is 4.74 Å². The van der Waals surface area contributed by atoms with E-state index in [1.807, 2.05) is 12.1 Å². The minimum absolute atomic E-state index is 0.768. The Hall–Kier alpha value is -2.16. The maximum Gasteiger partial charge on any atom is 0.119 e. The SMILES string of the molecule is CCCOc1cccc(CNc2ccc(N(CC)CC)cc2)c1. The molecule has 0 radical (unpaired) electrons. The summed E-state index contributed by atoms with van der Waals surface area (Å²) in [5.41, 5.74) is 3.64. The van der Waals surface area contributed by atoms with E-state index in [-0.39, 0.29) is 0 Å². The second-order valence-electron chi connectivity index (χ2n) is 5.57. The van der Waals surface area contributed by atoms with Crippen molar-refractivity contribution in [1.82, 2.24) is 0 Å². The van der Waals surface area contributed by atoms with Crippen LogP contribution in [0.2, 0.25) is 0 Å². The lowest BCUT2D eigenvalue weighted by Gasteiger charge is -2.21. The van der Waals surface area contributed by atoms with Gasteiger partial charge < -0.3 is 15.0 Å². The van der Waals surface area contributed by atoms with Crippen molar-refractivity contribution in [3.05, 3.63) is 54.1 Å². The molecule has 0 unspecified atom stereocenters. The maximum absolute atomic E-state index is 5.68. The van der Waals surface area contributed by atoms with Crippen LogP contribution in [0.1, 0.15) is 32.8 Å². The zero-order chi connectivity index (χ0) is 16.5. The Morgan fingerprint density at radius 2 is 1.70 bits per heavy atom. The molecule has 0 bridgehead atoms. The molecule has 0 saturated carbocycles. The number of anilines is 2. The topological polar surface area (TPSA) is 24.5 Å². The van der Waals surface area contributed by atoms with E-state index in [2.05, 4.69) is 67.4 Å². The lowest BCUT2D eigenvalue weighted by molar-refractivity contribution is 0.317. The van der Waals surface area contributed by atoms with Crippen molar-refractivity contribution in [2.75, 3.05) is 29.9 Å². The van der Waals surface area contributed by atoms with Crippen LogP contribution in [0, 0.1) is 0 Å². The third kappa shape index (κ3) is 5.20. The van der Waals surface area contributed by atoms with Crippen molar-refractivity contribution in [1.29, 1.82) is 0 Å². The average Bonchev–Trinajstić information content (AvgIpc) is 2.60. The van der Waals surface area contributed by atoms with Gasteiger partial charge in [-0.15, -0.1) is 0 Å². The standard InChI is InChI=1S/C20H28N2O/c1-4-14-23-20-9-7-8-17(15-20)16-21-18-10-12-19(13-11-18)22(5-2)6-3/h7-13,15,21H,4-6,14,16H2,1-3H3. The Morgan fingerprint density at radius 1 is 0.957 bits per heavy atom. The van der Waals surface area contributed by atoms with Crippen LogP contribution in [0.4, 0.5) is 11.4 Å². The van der Waals surface area contributed by atoms with Gasteiger partial charge in [-0.3, -0.25) is 0 Å². The maximum atomic E-state index is 5.68. The van der Waals surface area contributed by atoms with Crippen molar-refractivity contribution in [2.45, 2.75) is 33.7 Å². The summed E-state index contributed by atoms with van der Waals surface area (Å²) in [4.78, 5) is 2.35. The van der Waals surface area contributed by atoms with E-state index in [0.29, 0.717) is 0 Å². The van der Waals surface area contributed by atoms with Crippen LogP contribution >= 0.6 is 0 Å². The molecule has 0 amide bonds. The molecule has 0 saturated heterocycles. The number of ether oxygens (including phenoxy) is 1. The van der Waals surface area contributed by atoms with Gasteiger partial charge in [-0.2, -0.15) is 0 Å². The van der Waals surface area contributed by atoms with Gasteiger partial charge in [0.15, 0.2) is 0 Å². The molecule has 0 aromatic heterocycles. The summed E-state index contributed by atoms with van der Waals surface area (Å²) in [6.45, 7) is 10.1. The van der Waals surface area contributed by atoms with Crippen LogP contribution in [-0.4, -0.2) is 19.7 Å². The molecule has 0 aliphatic heterocycles. The second-order valence-corrected chi connectivity index (χ2v) is 5.57. The van der Waals surface area contributed by atoms with Gasteiger partial charge in [-0.05, 0) is 62.2 Å². The van der Waals surface area contributed by atoms with Gasteiger partial charge in [-0.25, -0.2) is 0 Å². The largest absolute Gasteiger partial charge is 0.494 e. The molecular weight excluding hydrogens is 284 g/mol. The van der Waals surface area contributed by atoms with Gasteiger partial charge in [0.1, 0.15) is 5.75 Å². The van der Waals surface area contributed by atoms with Gasteiger partial charge in [0.05, 0.1) is 6.61 Å². The zero-order valence-electron chi connectivity index (χ0n) is 14.5. The molecule has 0 spiro atoms. The normalized spacial score (nSPS) is 10.4. The monoisotopic (exact) mass is 312 g/mol. The minimum atomic E-state index is 0.768. The molecular formula is C20H28N2O. The third-order valence-electron chi connectivity index (χ3n) is 3.86. The Labute approximate surface area is 140 Å². The molecule has 1 N–H and O–H groups in total. The lowest BCUT2D eigenvalue weighted by Crippen LogP contribution is -2.21. The van der Waals surface area contributed by atoms with E-state index in [9.17, 15) is 0 Å². The third-order valence-corrected chi connectivity index (χ3v) is 3.86. The quantitative estimate of drug-likeness (QED) is 0.710. The summed E-state index contributed by atoms with van der Waals surface area (Å²) in [7, 11) is 0. The highest BCUT2D eigenvalue weighted by atomic mass is 16.5. The molecule has 0 heterocycles. The first-order chi connectivity index (χ1) is 11.3. The van der Waals surface area contributed by atoms with Crippen molar-refractivity contribution in [2.24, 2.45) is 0 Å². The lowest BCUT2D eigenvalue weighted by atomic mass is 10.2. The summed E-state index contributed by atoms with van der Waals surface area (Å²) in [5, 5.41) is 3.47. The first-order valence-electron chi connectivity index (χ1n) is 8.57. The predicted molar refractivity (Wildman–Crippen MR) is 99.6 cm³/mol. The first-order valence-corrected chi connectivity index (χ1v) is 8.57. The summed E-state index contributed by atoms with van der Waals surface area (Å²) < 4.78 is 5.68. The zero-order valence-corrected chi connectivity index (χ0v) is 14.5. The van der Waals surface area contributed by atoms with Gasteiger partial charge in [0.25, 0.3) is 0 Å². The van der Waals surface area contributed by atoms with Crippen molar-refractivity contribution < 1.29 is 4.74 Å². The van der Waals surface area contributed by atoms with Crippen LogP contribution in [0.5, 0.6) is 5.75 Å². The Bertz CT molecular complexity index is 576. The highest BCUT2D eigenvalue weighted by molar-refractivity contribution is 5.55. The molecule has 2 aromatic carbocycles. The van der Waals surface area contributed by atoms with Gasteiger partial charge >= 0.3 is 0 Å². The van der Waals surface area contributed by atoms with Crippen LogP contribution < -0.4 is 15.0 Å². The summed E-state index contributed by atoms with van der Waals surface area (Å²) in [6.07, 6.45) is 1.03. The number of nitrogens with one attached hydrogen (secondary N) is 1. The van der Waals surface area contributed by atoms with Crippen LogP contribution in [0.15, 0.2) is 48.5 Å². The number of hydrogen-bond donors (Lipinski definition) is 1. The number of nitrogens with zero attached hydrogens (tertiary/aromatic N) is 1. The highest BCUT2D eigenvalue weighted by Crippen LogP contribution is 2.19. The van der Waals surface area contributed by atoms with E-state index in [0.717, 1.165) is 44.1 Å². The highest BCUT2D eigenvalue weighted by Gasteiger charge is 2.02. The fraction of sp³-hybridized carbons (Fsp3) is 0.400. The fourth-order valence-electron chi connectivity index (χ4n) is 2.55. The van der Waals surface area contributed by atoms with E-state index in [1.54, 1.807) is 0 Å². The number of hydrogen-bond acceptors (Lipinski definition) is 3. The van der Waals surface area contributed by atoms with Crippen molar-refractivity contribution >= 4 is 11.4 Å². The molecule has 3 heteroatoms. The molecule has 0 aliphatic rings. The average molecular weight is 312 g/mol. The Balaban J connectivity index is 1.93. The smallest absolute Gasteiger partial charge is 0.119 e. The van der Waals surface area contributed by atoms with E-state index in [1.165, 1.54) is 11.3 Å². The minimum Gasteiger partial charge on any atom is -0.494 e. The molecule has 2 rings (SSSR count). The summed E-state index contributed by atoms with van der Waals surface area (Å²) >= 11 is 0. The molecule has 0 atom stereocenters. The molecule has 23 heavy (non-hydrogen) atoms. The van der Waals surface area contributed by atoms with Crippen molar-refractivity contribution in [3.8, 4) is 5.75 Å². The van der Waals surface area contributed by atoms with E-state index >= 15 is 0 Å². The Morgan fingerprint density at radius 3 is 2.35 bits per heavy atom. The van der Waals surface area contributed by atoms with Crippen LogP contribution in [-0.2, 0) is 6.54 Å². The molecule has 0 aliphatic carbocycles. The van der Waals surface area contributed by atoms with Gasteiger partial charge in [-0.1, -0.05) is 19.1 Å². The molecule has 3 nitrogen and oxygen atoms in total. The van der Waals surface area contributed by atoms with Gasteiger partial charge in [0, 0.05) is 31.0 Å². The molecule has 124 valence electrons. The van der Waals surface area contributed by atoms with Crippen molar-refractivity contribution in [3.63, 3.8) is 0 Å². The predicted octanol–water partition coefficient (Wildman–Crippen LogP) is 4.93. The Kier molecular flexibility index (Phi) is 6.79.